The Morgan fingerprint density at radius 2 is 1.86 bits per heavy atom. The average Bonchev–Trinajstić information content (AvgIpc) is 3.08. The third-order valence-electron chi connectivity index (χ3n) is 6.79. The fourth-order valence-electron chi connectivity index (χ4n) is 4.73. The number of benzene rings is 2. The van der Waals surface area contributed by atoms with Crippen molar-refractivity contribution in [3.63, 3.8) is 0 Å². The second-order valence-electron chi connectivity index (χ2n) is 9.92. The molecule has 2 aliphatic heterocycles. The molecule has 0 radical (unpaired) electrons. The Bertz CT molecular complexity index is 1140. The lowest BCUT2D eigenvalue weighted by Crippen LogP contribution is -2.32. The van der Waals surface area contributed by atoms with Crippen LogP contribution in [0, 0.1) is 0 Å². The van der Waals surface area contributed by atoms with E-state index in [1.807, 2.05) is 51.5 Å². The Hall–Kier alpha value is -3.32. The normalized spacial score (nSPS) is 19.5. The third-order valence-corrected chi connectivity index (χ3v) is 6.79. The molecular formula is C28H35N3O4. The second-order valence-corrected chi connectivity index (χ2v) is 9.92. The van der Waals surface area contributed by atoms with E-state index >= 15 is 0 Å². The Labute approximate surface area is 207 Å². The Morgan fingerprint density at radius 3 is 2.51 bits per heavy atom. The summed E-state index contributed by atoms with van der Waals surface area (Å²) in [6.07, 6.45) is 0.724. The van der Waals surface area contributed by atoms with E-state index in [9.17, 15) is 14.7 Å². The third kappa shape index (κ3) is 4.91. The summed E-state index contributed by atoms with van der Waals surface area (Å²) in [5.74, 6) is -0.266. The lowest BCUT2D eigenvalue weighted by atomic mass is 9.93. The fourth-order valence-corrected chi connectivity index (χ4v) is 4.73. The van der Waals surface area contributed by atoms with Gasteiger partial charge in [0, 0.05) is 19.2 Å². The minimum absolute atomic E-state index is 0.136. The maximum absolute atomic E-state index is 13.3. The van der Waals surface area contributed by atoms with Crippen LogP contribution in [-0.4, -0.2) is 74.0 Å². The summed E-state index contributed by atoms with van der Waals surface area (Å²) in [5.41, 5.74) is 3.47. The second kappa shape index (κ2) is 10.1. The molecule has 2 heterocycles. The molecule has 35 heavy (non-hydrogen) atoms. The number of carbonyl (C=O) groups is 2. The van der Waals surface area contributed by atoms with Gasteiger partial charge in [-0.15, -0.1) is 0 Å². The first-order valence-electron chi connectivity index (χ1n) is 12.2. The number of ketones is 1. The minimum atomic E-state index is -0.646. The van der Waals surface area contributed by atoms with E-state index in [1.54, 1.807) is 17.0 Å². The van der Waals surface area contributed by atoms with Crippen LogP contribution in [0.3, 0.4) is 0 Å². The van der Waals surface area contributed by atoms with E-state index in [2.05, 4.69) is 23.6 Å². The highest BCUT2D eigenvalue weighted by Gasteiger charge is 2.45. The first-order chi connectivity index (χ1) is 16.7. The number of likely N-dealkylation sites (N-methyl/N-ethyl adjacent to an activating group) is 1. The van der Waals surface area contributed by atoms with Gasteiger partial charge >= 0.3 is 0 Å². The molecule has 186 valence electrons. The van der Waals surface area contributed by atoms with Crippen LogP contribution >= 0.6 is 0 Å². The van der Waals surface area contributed by atoms with Crippen molar-refractivity contribution in [2.24, 2.45) is 0 Å². The molecule has 1 N–H and O–H groups in total. The molecule has 7 nitrogen and oxygen atoms in total. The van der Waals surface area contributed by atoms with Crippen molar-refractivity contribution >= 4 is 23.1 Å². The van der Waals surface area contributed by atoms with Crippen molar-refractivity contribution < 1.29 is 19.4 Å². The van der Waals surface area contributed by atoms with Gasteiger partial charge in [-0.05, 0) is 62.3 Å². The molecule has 0 spiro atoms. The van der Waals surface area contributed by atoms with Gasteiger partial charge in [-0.3, -0.25) is 9.59 Å². The predicted octanol–water partition coefficient (Wildman–Crippen LogP) is 4.01. The molecule has 1 fully saturated rings. The molecule has 0 aliphatic carbocycles. The highest BCUT2D eigenvalue weighted by atomic mass is 16.5. The summed E-state index contributed by atoms with van der Waals surface area (Å²) in [6, 6.07) is 12.7. The van der Waals surface area contributed by atoms with Gasteiger partial charge in [0.05, 0.1) is 23.8 Å². The van der Waals surface area contributed by atoms with Gasteiger partial charge in [0.25, 0.3) is 11.7 Å². The van der Waals surface area contributed by atoms with Crippen LogP contribution in [0.5, 0.6) is 5.75 Å². The Kier molecular flexibility index (Phi) is 7.17. The Morgan fingerprint density at radius 1 is 1.14 bits per heavy atom. The number of aliphatic hydroxyl groups is 1. The van der Waals surface area contributed by atoms with Gasteiger partial charge in [-0.2, -0.15) is 0 Å². The number of ether oxygens (including phenoxy) is 1. The lowest BCUT2D eigenvalue weighted by Gasteiger charge is -2.28. The molecule has 2 aromatic rings. The van der Waals surface area contributed by atoms with E-state index in [-0.39, 0.29) is 11.3 Å². The van der Waals surface area contributed by atoms with Crippen LogP contribution in [0.15, 0.2) is 48.0 Å². The van der Waals surface area contributed by atoms with Crippen molar-refractivity contribution in [1.29, 1.82) is 0 Å². The summed E-state index contributed by atoms with van der Waals surface area (Å²) in [6.45, 7) is 6.79. The molecule has 2 aliphatic rings. The molecule has 1 atom stereocenters. The van der Waals surface area contributed by atoms with E-state index in [0.29, 0.717) is 24.6 Å². The fraction of sp³-hybridized carbons (Fsp3) is 0.429. The maximum atomic E-state index is 13.3. The first-order valence-corrected chi connectivity index (χ1v) is 12.2. The van der Waals surface area contributed by atoms with Crippen LogP contribution in [0.25, 0.3) is 5.76 Å². The maximum Gasteiger partial charge on any atom is 0.295 e. The molecule has 1 unspecified atom stereocenters. The van der Waals surface area contributed by atoms with Crippen molar-refractivity contribution in [3.8, 4) is 5.75 Å². The van der Waals surface area contributed by atoms with Crippen LogP contribution in [0.2, 0.25) is 0 Å². The number of carbonyl (C=O) groups excluding carboxylic acids is 2. The number of nitrogens with zero attached hydrogens (tertiary/aromatic N) is 3. The van der Waals surface area contributed by atoms with Crippen molar-refractivity contribution in [2.45, 2.75) is 32.2 Å². The number of hydrogen-bond donors (Lipinski definition) is 1. The van der Waals surface area contributed by atoms with Crippen molar-refractivity contribution in [1.82, 2.24) is 9.80 Å². The van der Waals surface area contributed by atoms with E-state index in [1.165, 1.54) is 5.56 Å². The summed E-state index contributed by atoms with van der Waals surface area (Å²) >= 11 is 0. The summed E-state index contributed by atoms with van der Waals surface area (Å²) < 4.78 is 5.72. The van der Waals surface area contributed by atoms with Gasteiger partial charge in [0.1, 0.15) is 18.1 Å². The number of Topliss-reactive ketones (excluding diaryl/α,β-unsaturated/α-hetero) is 1. The number of likely N-dealkylation sites (tertiary alicyclic amines) is 1. The quantitative estimate of drug-likeness (QED) is 0.369. The predicted molar refractivity (Wildman–Crippen MR) is 138 cm³/mol. The molecule has 0 aromatic heterocycles. The SMILES string of the molecule is CC(C)c1ccc(C2/C(=C(/O)c3ccc4c(c3)N(C)CCO4)C(=O)C(=O)N2CCCN(C)C)cc1. The zero-order valence-electron chi connectivity index (χ0n) is 21.2. The monoisotopic (exact) mass is 477 g/mol. The summed E-state index contributed by atoms with van der Waals surface area (Å²) in [4.78, 5) is 32.2. The van der Waals surface area contributed by atoms with Crippen LogP contribution in [0.1, 0.15) is 48.9 Å². The van der Waals surface area contributed by atoms with Gasteiger partial charge in [0.2, 0.25) is 0 Å². The standard InChI is InChI=1S/C28H35N3O4/c1-18(2)19-7-9-20(10-8-19)25-24(27(33)28(34)31(25)14-6-13-29(3)4)26(32)21-11-12-23-22(17-21)30(5)15-16-35-23/h7-12,17-18,25,32H,6,13-16H2,1-5H3/b26-24-. The number of aliphatic hydroxyl groups excluding tert-OH is 1. The zero-order valence-corrected chi connectivity index (χ0v) is 21.2. The van der Waals surface area contributed by atoms with Gasteiger partial charge in [-0.1, -0.05) is 38.1 Å². The van der Waals surface area contributed by atoms with Gasteiger partial charge < -0.3 is 24.5 Å². The summed E-state index contributed by atoms with van der Waals surface area (Å²) in [7, 11) is 5.92. The smallest absolute Gasteiger partial charge is 0.295 e. The van der Waals surface area contributed by atoms with Crippen molar-refractivity contribution in [3.05, 3.63) is 64.7 Å². The number of rotatable bonds is 7. The molecule has 0 saturated carbocycles. The van der Waals surface area contributed by atoms with E-state index < -0.39 is 17.7 Å². The molecule has 2 aromatic carbocycles. The van der Waals surface area contributed by atoms with E-state index in [4.69, 9.17) is 4.74 Å². The van der Waals surface area contributed by atoms with Gasteiger partial charge in [-0.25, -0.2) is 0 Å². The molecule has 4 rings (SSSR count). The average molecular weight is 478 g/mol. The number of fused-ring (bicyclic) bond motifs is 1. The van der Waals surface area contributed by atoms with Crippen LogP contribution in [0.4, 0.5) is 5.69 Å². The molecular weight excluding hydrogens is 442 g/mol. The summed E-state index contributed by atoms with van der Waals surface area (Å²) in [5, 5.41) is 11.4. The zero-order chi connectivity index (χ0) is 25.3. The van der Waals surface area contributed by atoms with E-state index in [0.717, 1.165) is 36.5 Å². The highest BCUT2D eigenvalue weighted by Crippen LogP contribution is 2.41. The van der Waals surface area contributed by atoms with Crippen LogP contribution < -0.4 is 9.64 Å². The Balaban J connectivity index is 1.79. The van der Waals surface area contributed by atoms with Crippen LogP contribution in [-0.2, 0) is 9.59 Å². The number of amides is 1. The highest BCUT2D eigenvalue weighted by molar-refractivity contribution is 6.46. The largest absolute Gasteiger partial charge is 0.507 e. The van der Waals surface area contributed by atoms with Gasteiger partial charge in [0.15, 0.2) is 0 Å². The molecule has 7 heteroatoms. The number of anilines is 1. The molecule has 0 bridgehead atoms. The molecule has 1 saturated heterocycles. The topological polar surface area (TPSA) is 73.3 Å². The lowest BCUT2D eigenvalue weighted by molar-refractivity contribution is -0.139. The molecule has 1 amide bonds. The first kappa shape index (κ1) is 24.8. The minimum Gasteiger partial charge on any atom is -0.507 e. The van der Waals surface area contributed by atoms with Crippen molar-refractivity contribution in [2.75, 3.05) is 52.3 Å². The number of hydrogen-bond acceptors (Lipinski definition) is 6.